The number of aromatic nitrogens is 1. The van der Waals surface area contributed by atoms with Gasteiger partial charge >= 0.3 is 0 Å². The van der Waals surface area contributed by atoms with Gasteiger partial charge in [-0.3, -0.25) is 4.79 Å². The van der Waals surface area contributed by atoms with E-state index in [2.05, 4.69) is 15.6 Å². The van der Waals surface area contributed by atoms with Crippen LogP contribution in [-0.2, 0) is 0 Å². The number of carbonyl (C=O) groups is 1. The summed E-state index contributed by atoms with van der Waals surface area (Å²) in [5.41, 5.74) is 0.755. The molecule has 2 aromatic rings. The lowest BCUT2D eigenvalue weighted by Gasteiger charge is -2.15. The first-order chi connectivity index (χ1) is 10.1. The Bertz CT molecular complexity index is 630. The lowest BCUT2D eigenvalue weighted by atomic mass is 10.1. The Morgan fingerprint density at radius 1 is 1.24 bits per heavy atom. The van der Waals surface area contributed by atoms with Gasteiger partial charge in [-0.2, -0.15) is 0 Å². The van der Waals surface area contributed by atoms with E-state index in [1.54, 1.807) is 43.3 Å². The van der Waals surface area contributed by atoms with Crippen LogP contribution in [0.5, 0.6) is 0 Å². The lowest BCUT2D eigenvalue weighted by Crippen LogP contribution is -2.28. The third-order valence-corrected chi connectivity index (χ3v) is 3.06. The first-order valence-corrected chi connectivity index (χ1v) is 6.88. The molecule has 0 fully saturated rings. The van der Waals surface area contributed by atoms with Crippen molar-refractivity contribution in [2.75, 3.05) is 11.9 Å². The van der Waals surface area contributed by atoms with E-state index in [-0.39, 0.29) is 11.7 Å². The zero-order valence-electron chi connectivity index (χ0n) is 12.1. The largest absolute Gasteiger partial charge is 0.370 e. The molecule has 0 aliphatic carbocycles. The van der Waals surface area contributed by atoms with Crippen molar-refractivity contribution in [3.05, 3.63) is 59.5 Å². The monoisotopic (exact) mass is 287 g/mol. The van der Waals surface area contributed by atoms with Gasteiger partial charge in [0, 0.05) is 12.1 Å². The third-order valence-electron chi connectivity index (χ3n) is 3.06. The Morgan fingerprint density at radius 3 is 2.71 bits per heavy atom. The van der Waals surface area contributed by atoms with Crippen molar-refractivity contribution < 1.29 is 9.18 Å². The van der Waals surface area contributed by atoms with Crippen LogP contribution in [0.25, 0.3) is 0 Å². The molecular weight excluding hydrogens is 269 g/mol. The Morgan fingerprint density at radius 2 is 2.00 bits per heavy atom. The van der Waals surface area contributed by atoms with E-state index in [0.29, 0.717) is 17.1 Å². The predicted molar refractivity (Wildman–Crippen MR) is 80.7 cm³/mol. The van der Waals surface area contributed by atoms with Crippen molar-refractivity contribution in [2.45, 2.75) is 19.9 Å². The van der Waals surface area contributed by atoms with Crippen LogP contribution < -0.4 is 10.6 Å². The van der Waals surface area contributed by atoms with E-state index in [9.17, 15) is 9.18 Å². The molecule has 1 aromatic carbocycles. The topological polar surface area (TPSA) is 54.0 Å². The minimum Gasteiger partial charge on any atom is -0.370 e. The quantitative estimate of drug-likeness (QED) is 0.888. The number of carbonyl (C=O) groups excluding carboxylic acids is 1. The molecule has 0 saturated heterocycles. The summed E-state index contributed by atoms with van der Waals surface area (Å²) in [5, 5.41) is 5.80. The molecule has 4 nitrogen and oxygen atoms in total. The number of halogens is 1. The second-order valence-electron chi connectivity index (χ2n) is 4.66. The van der Waals surface area contributed by atoms with Gasteiger partial charge in [0.05, 0.1) is 6.04 Å². The summed E-state index contributed by atoms with van der Waals surface area (Å²) >= 11 is 0. The van der Waals surface area contributed by atoms with Crippen LogP contribution in [0.4, 0.5) is 10.2 Å². The number of pyridine rings is 1. The van der Waals surface area contributed by atoms with E-state index in [1.807, 2.05) is 6.92 Å². The molecule has 0 saturated carbocycles. The number of hydrogen-bond donors (Lipinski definition) is 2. The number of rotatable bonds is 5. The van der Waals surface area contributed by atoms with Crippen LogP contribution >= 0.6 is 0 Å². The highest BCUT2D eigenvalue weighted by Crippen LogP contribution is 2.16. The van der Waals surface area contributed by atoms with Gasteiger partial charge < -0.3 is 10.6 Å². The molecule has 0 bridgehead atoms. The molecule has 2 N–H and O–H groups in total. The zero-order chi connectivity index (χ0) is 15.2. The van der Waals surface area contributed by atoms with Crippen LogP contribution in [0.1, 0.15) is 35.9 Å². The number of benzene rings is 1. The SMILES string of the molecule is CCNc1cccc(C(=O)NC(C)c2ccccc2F)n1. The maximum atomic E-state index is 13.7. The molecule has 0 aliphatic heterocycles. The molecule has 5 heteroatoms. The normalized spacial score (nSPS) is 11.8. The van der Waals surface area contributed by atoms with E-state index < -0.39 is 6.04 Å². The second-order valence-corrected chi connectivity index (χ2v) is 4.66. The van der Waals surface area contributed by atoms with Crippen molar-refractivity contribution in [1.29, 1.82) is 0 Å². The summed E-state index contributed by atoms with van der Waals surface area (Å²) in [7, 11) is 0. The predicted octanol–water partition coefficient (Wildman–Crippen LogP) is 3.14. The first-order valence-electron chi connectivity index (χ1n) is 6.88. The van der Waals surface area contributed by atoms with Crippen LogP contribution in [0.2, 0.25) is 0 Å². The Kier molecular flexibility index (Phi) is 4.87. The van der Waals surface area contributed by atoms with Crippen molar-refractivity contribution in [3.63, 3.8) is 0 Å². The summed E-state index contributed by atoms with van der Waals surface area (Å²) in [6, 6.07) is 11.1. The van der Waals surface area contributed by atoms with Crippen molar-refractivity contribution in [1.82, 2.24) is 10.3 Å². The highest BCUT2D eigenvalue weighted by atomic mass is 19.1. The summed E-state index contributed by atoms with van der Waals surface area (Å²) in [5.74, 6) is -0.0196. The molecule has 0 radical (unpaired) electrons. The number of amides is 1. The van der Waals surface area contributed by atoms with E-state index in [1.165, 1.54) is 6.07 Å². The average Bonchev–Trinajstić information content (AvgIpc) is 2.48. The fraction of sp³-hybridized carbons (Fsp3) is 0.250. The maximum absolute atomic E-state index is 13.7. The molecule has 1 unspecified atom stereocenters. The standard InChI is InChI=1S/C16H18FN3O/c1-3-18-15-10-6-9-14(20-15)16(21)19-11(2)12-7-4-5-8-13(12)17/h4-11H,3H2,1-2H3,(H,18,20)(H,19,21). The summed E-state index contributed by atoms with van der Waals surface area (Å²) in [6.07, 6.45) is 0. The Hall–Kier alpha value is -2.43. The van der Waals surface area contributed by atoms with Crippen LogP contribution in [0.15, 0.2) is 42.5 Å². The fourth-order valence-electron chi connectivity index (χ4n) is 2.02. The van der Waals surface area contributed by atoms with Crippen molar-refractivity contribution in [2.24, 2.45) is 0 Å². The van der Waals surface area contributed by atoms with Crippen LogP contribution in [-0.4, -0.2) is 17.4 Å². The molecule has 1 atom stereocenters. The van der Waals surface area contributed by atoms with Crippen molar-refractivity contribution in [3.8, 4) is 0 Å². The fourth-order valence-corrected chi connectivity index (χ4v) is 2.02. The molecule has 1 aromatic heterocycles. The smallest absolute Gasteiger partial charge is 0.270 e. The second kappa shape index (κ2) is 6.83. The highest BCUT2D eigenvalue weighted by molar-refractivity contribution is 5.92. The summed E-state index contributed by atoms with van der Waals surface area (Å²) in [4.78, 5) is 16.4. The summed E-state index contributed by atoms with van der Waals surface area (Å²) in [6.45, 7) is 4.42. The van der Waals surface area contributed by atoms with E-state index in [4.69, 9.17) is 0 Å². The lowest BCUT2D eigenvalue weighted by molar-refractivity contribution is 0.0934. The Balaban J connectivity index is 2.11. The molecule has 1 heterocycles. The van der Waals surface area contributed by atoms with Gasteiger partial charge in [0.2, 0.25) is 0 Å². The maximum Gasteiger partial charge on any atom is 0.270 e. The molecule has 1 amide bonds. The number of nitrogens with zero attached hydrogens (tertiary/aromatic N) is 1. The van der Waals surface area contributed by atoms with Crippen molar-refractivity contribution >= 4 is 11.7 Å². The molecule has 0 spiro atoms. The van der Waals surface area contributed by atoms with E-state index >= 15 is 0 Å². The molecule has 110 valence electrons. The third kappa shape index (κ3) is 3.78. The number of hydrogen-bond acceptors (Lipinski definition) is 3. The minimum absolute atomic E-state index is 0.302. The number of nitrogens with one attached hydrogen (secondary N) is 2. The van der Waals surface area contributed by atoms with E-state index in [0.717, 1.165) is 6.54 Å². The molecular formula is C16H18FN3O. The highest BCUT2D eigenvalue weighted by Gasteiger charge is 2.15. The molecule has 2 rings (SSSR count). The van der Waals surface area contributed by atoms with Gasteiger partial charge in [0.15, 0.2) is 0 Å². The van der Waals surface area contributed by atoms with Crippen LogP contribution in [0.3, 0.4) is 0 Å². The molecule has 0 aliphatic rings. The zero-order valence-corrected chi connectivity index (χ0v) is 12.1. The van der Waals surface area contributed by atoms with Gasteiger partial charge in [0.25, 0.3) is 5.91 Å². The van der Waals surface area contributed by atoms with Gasteiger partial charge in [-0.15, -0.1) is 0 Å². The minimum atomic E-state index is -0.428. The first kappa shape index (κ1) is 15.0. The Labute approximate surface area is 123 Å². The van der Waals surface area contributed by atoms with Gasteiger partial charge in [-0.25, -0.2) is 9.37 Å². The average molecular weight is 287 g/mol. The number of anilines is 1. The molecule has 21 heavy (non-hydrogen) atoms. The van der Waals surface area contributed by atoms with Gasteiger partial charge in [-0.05, 0) is 32.0 Å². The summed E-state index contributed by atoms with van der Waals surface area (Å²) < 4.78 is 13.7. The van der Waals surface area contributed by atoms with Gasteiger partial charge in [-0.1, -0.05) is 24.3 Å². The van der Waals surface area contributed by atoms with Crippen LogP contribution in [0, 0.1) is 5.82 Å². The van der Waals surface area contributed by atoms with Gasteiger partial charge in [0.1, 0.15) is 17.3 Å².